The van der Waals surface area contributed by atoms with E-state index in [1.807, 2.05) is 13.8 Å². The van der Waals surface area contributed by atoms with Crippen LogP contribution in [-0.2, 0) is 17.8 Å². The van der Waals surface area contributed by atoms with Crippen molar-refractivity contribution in [1.82, 2.24) is 30.7 Å². The summed E-state index contributed by atoms with van der Waals surface area (Å²) in [6.45, 7) is 9.42. The molecule has 0 saturated heterocycles. The van der Waals surface area contributed by atoms with Crippen LogP contribution in [0.4, 0.5) is 0 Å². The second-order valence-electron chi connectivity index (χ2n) is 7.51. The van der Waals surface area contributed by atoms with Gasteiger partial charge < -0.3 is 20.5 Å². The molecule has 1 atom stereocenters. The molecule has 0 radical (unpaired) electrons. The Kier molecular flexibility index (Phi) is 8.29. The molecule has 1 aromatic rings. The molecule has 1 aliphatic heterocycles. The molecular formula is C17H32IN7O. The Hall–Kier alpha value is -1.39. The average Bonchev–Trinajstić information content (AvgIpc) is 3.01. The number of aromatic nitrogens is 3. The van der Waals surface area contributed by atoms with E-state index in [2.05, 4.69) is 49.6 Å². The van der Waals surface area contributed by atoms with Gasteiger partial charge in [0.1, 0.15) is 11.6 Å². The van der Waals surface area contributed by atoms with Gasteiger partial charge in [-0.15, -0.1) is 34.2 Å². The lowest BCUT2D eigenvalue weighted by atomic mass is 9.92. The van der Waals surface area contributed by atoms with Crippen molar-refractivity contribution >= 4 is 35.8 Å². The Morgan fingerprint density at radius 1 is 1.38 bits per heavy atom. The number of nitrogens with zero attached hydrogens (tertiary/aromatic N) is 4. The first-order chi connectivity index (χ1) is 11.8. The monoisotopic (exact) mass is 477 g/mol. The van der Waals surface area contributed by atoms with Crippen molar-refractivity contribution in [3.05, 3.63) is 11.6 Å². The van der Waals surface area contributed by atoms with Crippen LogP contribution in [0.3, 0.4) is 0 Å². The zero-order valence-electron chi connectivity index (χ0n) is 16.6. The van der Waals surface area contributed by atoms with E-state index in [1.54, 1.807) is 14.1 Å². The molecule has 1 unspecified atom stereocenters. The maximum Gasteiger partial charge on any atom is 0.227 e. The Morgan fingerprint density at radius 3 is 2.65 bits per heavy atom. The molecule has 148 valence electrons. The summed E-state index contributed by atoms with van der Waals surface area (Å²) < 4.78 is 2.22. The number of amides is 1. The standard InChI is InChI=1S/C17H31N7O.HI/c1-11(2)14-23-22-13-8-7-12(9-24(13)14)21-16(19-6)20-10-17(3,4)15(25)18-5;/h11-12H,7-10H2,1-6H3,(H,18,25)(H2,19,20,21);1H. The summed E-state index contributed by atoms with van der Waals surface area (Å²) in [6, 6.07) is 0.260. The van der Waals surface area contributed by atoms with Crippen LogP contribution < -0.4 is 16.0 Å². The van der Waals surface area contributed by atoms with Gasteiger partial charge in [-0.1, -0.05) is 13.8 Å². The molecule has 1 amide bonds. The number of guanidine groups is 1. The number of halogens is 1. The Labute approximate surface area is 173 Å². The summed E-state index contributed by atoms with van der Waals surface area (Å²) in [5.74, 6) is 3.16. The zero-order chi connectivity index (χ0) is 18.6. The fourth-order valence-electron chi connectivity index (χ4n) is 3.00. The highest BCUT2D eigenvalue weighted by Gasteiger charge is 2.28. The van der Waals surface area contributed by atoms with E-state index in [1.165, 1.54) is 0 Å². The molecule has 1 aromatic heterocycles. The van der Waals surface area contributed by atoms with E-state index in [4.69, 9.17) is 0 Å². The Balaban J connectivity index is 0.00000338. The van der Waals surface area contributed by atoms with Crippen molar-refractivity contribution in [1.29, 1.82) is 0 Å². The van der Waals surface area contributed by atoms with Gasteiger partial charge >= 0.3 is 0 Å². The molecule has 1 aliphatic rings. The second kappa shape index (κ2) is 9.52. The predicted octanol–water partition coefficient (Wildman–Crippen LogP) is 1.27. The van der Waals surface area contributed by atoms with Crippen LogP contribution in [0.2, 0.25) is 0 Å². The van der Waals surface area contributed by atoms with Gasteiger partial charge in [0, 0.05) is 45.6 Å². The van der Waals surface area contributed by atoms with Crippen molar-refractivity contribution < 1.29 is 4.79 Å². The Morgan fingerprint density at radius 2 is 2.08 bits per heavy atom. The number of fused-ring (bicyclic) bond motifs is 1. The minimum absolute atomic E-state index is 0. The third-order valence-corrected chi connectivity index (χ3v) is 4.60. The minimum atomic E-state index is -0.509. The van der Waals surface area contributed by atoms with E-state index in [-0.39, 0.29) is 35.9 Å². The SMILES string of the molecule is CN=C(NCC(C)(C)C(=O)NC)NC1CCc2nnc(C(C)C)n2C1.I. The molecular weight excluding hydrogens is 445 g/mol. The van der Waals surface area contributed by atoms with Crippen LogP contribution in [0.5, 0.6) is 0 Å². The van der Waals surface area contributed by atoms with Crippen molar-refractivity contribution in [2.45, 2.75) is 59.0 Å². The molecule has 8 nitrogen and oxygen atoms in total. The summed E-state index contributed by atoms with van der Waals surface area (Å²) in [6.07, 6.45) is 1.88. The van der Waals surface area contributed by atoms with Gasteiger partial charge in [-0.2, -0.15) is 0 Å². The lowest BCUT2D eigenvalue weighted by Gasteiger charge is -2.29. The van der Waals surface area contributed by atoms with Crippen LogP contribution in [0.15, 0.2) is 4.99 Å². The second-order valence-corrected chi connectivity index (χ2v) is 7.51. The normalized spacial score (nSPS) is 17.3. The fourth-order valence-corrected chi connectivity index (χ4v) is 3.00. The minimum Gasteiger partial charge on any atom is -0.359 e. The van der Waals surface area contributed by atoms with E-state index >= 15 is 0 Å². The molecule has 3 N–H and O–H groups in total. The lowest BCUT2D eigenvalue weighted by molar-refractivity contribution is -0.128. The van der Waals surface area contributed by atoms with E-state index in [9.17, 15) is 4.79 Å². The van der Waals surface area contributed by atoms with Gasteiger partial charge in [-0.05, 0) is 20.3 Å². The van der Waals surface area contributed by atoms with Gasteiger partial charge in [0.15, 0.2) is 5.96 Å². The zero-order valence-corrected chi connectivity index (χ0v) is 18.9. The van der Waals surface area contributed by atoms with Crippen molar-refractivity contribution in [3.63, 3.8) is 0 Å². The summed E-state index contributed by atoms with van der Waals surface area (Å²) in [5.41, 5.74) is -0.509. The molecule has 9 heteroatoms. The van der Waals surface area contributed by atoms with Crippen LogP contribution in [0.25, 0.3) is 0 Å². The topological polar surface area (TPSA) is 96.2 Å². The fraction of sp³-hybridized carbons (Fsp3) is 0.765. The van der Waals surface area contributed by atoms with Gasteiger partial charge in [-0.25, -0.2) is 0 Å². The molecule has 0 aromatic carbocycles. The molecule has 2 rings (SSSR count). The first kappa shape index (κ1) is 22.7. The number of aryl methyl sites for hydroxylation is 1. The lowest BCUT2D eigenvalue weighted by Crippen LogP contribution is -2.51. The summed E-state index contributed by atoms with van der Waals surface area (Å²) in [7, 11) is 3.40. The highest BCUT2D eigenvalue weighted by Crippen LogP contribution is 2.20. The van der Waals surface area contributed by atoms with Gasteiger partial charge in [0.25, 0.3) is 0 Å². The largest absolute Gasteiger partial charge is 0.359 e. The van der Waals surface area contributed by atoms with Crippen LogP contribution in [-0.4, -0.2) is 53.3 Å². The average molecular weight is 477 g/mol. The van der Waals surface area contributed by atoms with Gasteiger partial charge in [-0.3, -0.25) is 9.79 Å². The smallest absolute Gasteiger partial charge is 0.227 e. The molecule has 0 saturated carbocycles. The summed E-state index contributed by atoms with van der Waals surface area (Å²) in [5, 5.41) is 18.1. The van der Waals surface area contributed by atoms with Crippen molar-refractivity contribution in [2.24, 2.45) is 10.4 Å². The van der Waals surface area contributed by atoms with Gasteiger partial charge in [0.05, 0.1) is 5.41 Å². The van der Waals surface area contributed by atoms with Crippen molar-refractivity contribution in [3.8, 4) is 0 Å². The predicted molar refractivity (Wildman–Crippen MR) is 114 cm³/mol. The summed E-state index contributed by atoms with van der Waals surface area (Å²) in [4.78, 5) is 16.2. The maximum atomic E-state index is 11.9. The van der Waals surface area contributed by atoms with E-state index in [0.29, 0.717) is 18.4 Å². The third-order valence-electron chi connectivity index (χ3n) is 4.60. The molecule has 0 bridgehead atoms. The maximum absolute atomic E-state index is 11.9. The molecule has 0 spiro atoms. The number of hydrogen-bond donors (Lipinski definition) is 3. The number of hydrogen-bond acceptors (Lipinski definition) is 4. The first-order valence-electron chi connectivity index (χ1n) is 8.89. The molecule has 2 heterocycles. The van der Waals surface area contributed by atoms with E-state index in [0.717, 1.165) is 31.0 Å². The Bertz CT molecular complexity index is 639. The van der Waals surface area contributed by atoms with Gasteiger partial charge in [0.2, 0.25) is 5.91 Å². The number of nitrogens with one attached hydrogen (secondary N) is 3. The number of rotatable bonds is 5. The molecule has 26 heavy (non-hydrogen) atoms. The molecule has 0 fully saturated rings. The third kappa shape index (κ3) is 5.31. The highest BCUT2D eigenvalue weighted by molar-refractivity contribution is 14.0. The number of aliphatic imine (C=N–C) groups is 1. The first-order valence-corrected chi connectivity index (χ1v) is 8.89. The number of carbonyl (C=O) groups excluding carboxylic acids is 1. The number of carbonyl (C=O) groups is 1. The van der Waals surface area contributed by atoms with Crippen molar-refractivity contribution in [2.75, 3.05) is 20.6 Å². The summed E-state index contributed by atoms with van der Waals surface area (Å²) >= 11 is 0. The van der Waals surface area contributed by atoms with E-state index < -0.39 is 5.41 Å². The van der Waals surface area contributed by atoms with Crippen LogP contribution in [0, 0.1) is 5.41 Å². The highest BCUT2D eigenvalue weighted by atomic mass is 127. The quantitative estimate of drug-likeness (QED) is 0.337. The van der Waals surface area contributed by atoms with Crippen LogP contribution >= 0.6 is 24.0 Å². The van der Waals surface area contributed by atoms with Crippen LogP contribution in [0.1, 0.15) is 51.7 Å². The molecule has 0 aliphatic carbocycles.